The Morgan fingerprint density at radius 1 is 0.968 bits per heavy atom. The summed E-state index contributed by atoms with van der Waals surface area (Å²) in [5, 5.41) is 3.70. The average Bonchev–Trinajstić information content (AvgIpc) is 2.76. The molecule has 0 radical (unpaired) electrons. The van der Waals surface area contributed by atoms with Crippen molar-refractivity contribution in [2.75, 3.05) is 11.9 Å². The molecule has 0 unspecified atom stereocenters. The van der Waals surface area contributed by atoms with Gasteiger partial charge in [0.05, 0.1) is 0 Å². The molecule has 5 heteroatoms. The Kier molecular flexibility index (Phi) is 5.58. The Labute approximate surface area is 180 Å². The van der Waals surface area contributed by atoms with E-state index >= 15 is 0 Å². The number of anilines is 1. The van der Waals surface area contributed by atoms with Crippen molar-refractivity contribution in [1.82, 2.24) is 0 Å². The summed E-state index contributed by atoms with van der Waals surface area (Å²) >= 11 is 0. The molecular formula is C26H23NO4. The largest absolute Gasteiger partial charge is 0.483 e. The van der Waals surface area contributed by atoms with E-state index in [2.05, 4.69) is 5.32 Å². The van der Waals surface area contributed by atoms with Crippen LogP contribution in [-0.4, -0.2) is 12.5 Å². The van der Waals surface area contributed by atoms with Gasteiger partial charge in [-0.05, 0) is 61.2 Å². The van der Waals surface area contributed by atoms with Crippen molar-refractivity contribution in [3.63, 3.8) is 0 Å². The maximum absolute atomic E-state index is 12.4. The summed E-state index contributed by atoms with van der Waals surface area (Å²) in [6.07, 6.45) is 0. The lowest BCUT2D eigenvalue weighted by molar-refractivity contribution is -0.118. The molecule has 4 aromatic rings. The van der Waals surface area contributed by atoms with Gasteiger partial charge in [-0.2, -0.15) is 0 Å². The van der Waals surface area contributed by atoms with E-state index in [1.807, 2.05) is 75.4 Å². The molecule has 1 aromatic heterocycles. The van der Waals surface area contributed by atoms with Crippen LogP contribution >= 0.6 is 0 Å². The molecule has 0 aliphatic carbocycles. The molecule has 156 valence electrons. The summed E-state index contributed by atoms with van der Waals surface area (Å²) in [7, 11) is 0. The van der Waals surface area contributed by atoms with Crippen LogP contribution in [-0.2, 0) is 4.79 Å². The zero-order valence-electron chi connectivity index (χ0n) is 17.7. The van der Waals surface area contributed by atoms with Crippen molar-refractivity contribution in [2.45, 2.75) is 20.8 Å². The van der Waals surface area contributed by atoms with E-state index in [-0.39, 0.29) is 12.5 Å². The van der Waals surface area contributed by atoms with Crippen LogP contribution in [0.25, 0.3) is 22.1 Å². The highest BCUT2D eigenvalue weighted by Gasteiger charge is 2.14. The number of fused-ring (bicyclic) bond motifs is 1. The first kappa shape index (κ1) is 20.4. The molecule has 31 heavy (non-hydrogen) atoms. The normalized spacial score (nSPS) is 10.8. The molecular weight excluding hydrogens is 390 g/mol. The standard InChI is InChI=1S/C26H23NO4/c1-16-9-10-17(2)22(13-16)27-24(28)15-30-23-12-11-20-21(19-7-5-4-6-8-19)14-25(29)31-26(20)18(23)3/h4-14H,15H2,1-3H3,(H,27,28). The first-order valence-electron chi connectivity index (χ1n) is 10.0. The molecule has 5 nitrogen and oxygen atoms in total. The lowest BCUT2D eigenvalue weighted by Gasteiger charge is -2.13. The smallest absolute Gasteiger partial charge is 0.336 e. The van der Waals surface area contributed by atoms with Crippen molar-refractivity contribution < 1.29 is 13.9 Å². The van der Waals surface area contributed by atoms with Gasteiger partial charge in [-0.15, -0.1) is 0 Å². The van der Waals surface area contributed by atoms with Crippen molar-refractivity contribution in [2.24, 2.45) is 0 Å². The van der Waals surface area contributed by atoms with Crippen LogP contribution < -0.4 is 15.7 Å². The number of hydrogen-bond acceptors (Lipinski definition) is 4. The lowest BCUT2D eigenvalue weighted by Crippen LogP contribution is -2.21. The van der Waals surface area contributed by atoms with Gasteiger partial charge in [-0.1, -0.05) is 42.5 Å². The van der Waals surface area contributed by atoms with Crippen LogP contribution in [0.4, 0.5) is 5.69 Å². The van der Waals surface area contributed by atoms with Crippen LogP contribution in [0.1, 0.15) is 16.7 Å². The molecule has 1 amide bonds. The molecule has 1 heterocycles. The topological polar surface area (TPSA) is 68.5 Å². The Bertz CT molecular complexity index is 1320. The summed E-state index contributed by atoms with van der Waals surface area (Å²) < 4.78 is 11.3. The molecule has 4 rings (SSSR count). The van der Waals surface area contributed by atoms with Gasteiger partial charge in [-0.3, -0.25) is 4.79 Å². The van der Waals surface area contributed by atoms with E-state index in [9.17, 15) is 9.59 Å². The number of amides is 1. The number of aryl methyl sites for hydroxylation is 3. The number of benzene rings is 3. The van der Waals surface area contributed by atoms with Crippen molar-refractivity contribution >= 4 is 22.6 Å². The number of nitrogens with one attached hydrogen (secondary N) is 1. The summed E-state index contributed by atoms with van der Waals surface area (Å²) in [6.45, 7) is 5.58. The lowest BCUT2D eigenvalue weighted by atomic mass is 10.0. The second-order valence-electron chi connectivity index (χ2n) is 7.57. The minimum atomic E-state index is -0.431. The van der Waals surface area contributed by atoms with Crippen LogP contribution in [0, 0.1) is 20.8 Å². The third kappa shape index (κ3) is 4.36. The Morgan fingerprint density at radius 3 is 2.52 bits per heavy atom. The summed E-state index contributed by atoms with van der Waals surface area (Å²) in [4.78, 5) is 24.6. The fourth-order valence-electron chi connectivity index (χ4n) is 3.56. The van der Waals surface area contributed by atoms with E-state index in [1.165, 1.54) is 6.07 Å². The number of carbonyl (C=O) groups is 1. The van der Waals surface area contributed by atoms with Gasteiger partial charge in [0, 0.05) is 22.7 Å². The molecule has 0 bridgehead atoms. The first-order valence-corrected chi connectivity index (χ1v) is 10.0. The van der Waals surface area contributed by atoms with Gasteiger partial charge < -0.3 is 14.5 Å². The molecule has 1 N–H and O–H groups in total. The minimum Gasteiger partial charge on any atom is -0.483 e. The molecule has 3 aromatic carbocycles. The van der Waals surface area contributed by atoms with Crippen LogP contribution in [0.15, 0.2) is 75.9 Å². The molecule has 0 aliphatic heterocycles. The fraction of sp³-hybridized carbons (Fsp3) is 0.154. The average molecular weight is 413 g/mol. The zero-order valence-corrected chi connectivity index (χ0v) is 17.7. The van der Waals surface area contributed by atoms with E-state index in [1.54, 1.807) is 6.07 Å². The highest BCUT2D eigenvalue weighted by molar-refractivity contribution is 5.96. The first-order chi connectivity index (χ1) is 14.9. The monoisotopic (exact) mass is 413 g/mol. The maximum Gasteiger partial charge on any atom is 0.336 e. The Morgan fingerprint density at radius 2 is 1.74 bits per heavy atom. The van der Waals surface area contributed by atoms with Gasteiger partial charge in [0.15, 0.2) is 6.61 Å². The predicted octanol–water partition coefficient (Wildman–Crippen LogP) is 5.40. The second-order valence-corrected chi connectivity index (χ2v) is 7.57. The van der Waals surface area contributed by atoms with Gasteiger partial charge in [-0.25, -0.2) is 4.79 Å². The van der Waals surface area contributed by atoms with Gasteiger partial charge in [0.25, 0.3) is 5.91 Å². The molecule has 0 saturated heterocycles. The highest BCUT2D eigenvalue weighted by Crippen LogP contribution is 2.33. The third-order valence-electron chi connectivity index (χ3n) is 5.22. The third-order valence-corrected chi connectivity index (χ3v) is 5.22. The minimum absolute atomic E-state index is 0.150. The maximum atomic E-state index is 12.4. The zero-order chi connectivity index (χ0) is 22.0. The SMILES string of the molecule is Cc1ccc(C)c(NC(=O)COc2ccc3c(-c4ccccc4)cc(=O)oc3c2C)c1. The van der Waals surface area contributed by atoms with Gasteiger partial charge in [0.1, 0.15) is 11.3 Å². The number of ether oxygens (including phenoxy) is 1. The van der Waals surface area contributed by atoms with Gasteiger partial charge in [0.2, 0.25) is 0 Å². The summed E-state index contributed by atoms with van der Waals surface area (Å²) in [5.41, 5.74) is 5.25. The van der Waals surface area contributed by atoms with E-state index in [0.717, 1.165) is 33.3 Å². The Balaban J connectivity index is 1.59. The molecule has 0 aliphatic rings. The predicted molar refractivity (Wildman–Crippen MR) is 123 cm³/mol. The molecule has 0 atom stereocenters. The molecule has 0 spiro atoms. The van der Waals surface area contributed by atoms with E-state index in [4.69, 9.17) is 9.15 Å². The van der Waals surface area contributed by atoms with E-state index < -0.39 is 5.63 Å². The number of carbonyl (C=O) groups excluding carboxylic acids is 1. The molecule has 0 fully saturated rings. The number of rotatable bonds is 5. The Hall–Kier alpha value is -3.86. The van der Waals surface area contributed by atoms with Crippen molar-refractivity contribution in [3.05, 3.63) is 93.8 Å². The van der Waals surface area contributed by atoms with E-state index in [0.29, 0.717) is 16.9 Å². The van der Waals surface area contributed by atoms with Gasteiger partial charge >= 0.3 is 5.63 Å². The second kappa shape index (κ2) is 8.48. The fourth-order valence-corrected chi connectivity index (χ4v) is 3.56. The van der Waals surface area contributed by atoms with Crippen LogP contribution in [0.5, 0.6) is 5.75 Å². The summed E-state index contributed by atoms with van der Waals surface area (Å²) in [6, 6.07) is 20.7. The van der Waals surface area contributed by atoms with Crippen LogP contribution in [0.3, 0.4) is 0 Å². The van der Waals surface area contributed by atoms with Crippen molar-refractivity contribution in [1.29, 1.82) is 0 Å². The van der Waals surface area contributed by atoms with Crippen LogP contribution in [0.2, 0.25) is 0 Å². The highest BCUT2D eigenvalue weighted by atomic mass is 16.5. The quantitative estimate of drug-likeness (QED) is 0.445. The molecule has 0 saturated carbocycles. The number of hydrogen-bond donors (Lipinski definition) is 1. The van der Waals surface area contributed by atoms with Crippen molar-refractivity contribution in [3.8, 4) is 16.9 Å². The summed E-state index contributed by atoms with van der Waals surface area (Å²) in [5.74, 6) is 0.240.